The Morgan fingerprint density at radius 2 is 1.72 bits per heavy atom. The molecule has 0 aliphatic rings. The number of halogens is 1. The molecule has 0 spiro atoms. The van der Waals surface area contributed by atoms with Crippen LogP contribution in [0.1, 0.15) is 31.4 Å². The average Bonchev–Trinajstić information content (AvgIpc) is 2.83. The van der Waals surface area contributed by atoms with Gasteiger partial charge in [0.25, 0.3) is 0 Å². The summed E-state index contributed by atoms with van der Waals surface area (Å²) in [5.74, 6) is 0.759. The summed E-state index contributed by atoms with van der Waals surface area (Å²) in [5.41, 5.74) is 2.11. The Hall–Kier alpha value is -3.54. The lowest BCUT2D eigenvalue weighted by molar-refractivity contribution is 0.186. The Morgan fingerprint density at radius 3 is 2.41 bits per heavy atom. The van der Waals surface area contributed by atoms with Crippen molar-refractivity contribution >= 4 is 11.7 Å². The normalized spacial score (nSPS) is 11.5. The van der Waals surface area contributed by atoms with Gasteiger partial charge in [-0.3, -0.25) is 0 Å². The van der Waals surface area contributed by atoms with Crippen molar-refractivity contribution in [1.29, 1.82) is 0 Å². The third-order valence-corrected chi connectivity index (χ3v) is 5.32. The van der Waals surface area contributed by atoms with Gasteiger partial charge in [0.05, 0.1) is 12.8 Å². The number of ether oxygens (including phenoxy) is 2. The molecule has 1 N–H and O–H groups in total. The van der Waals surface area contributed by atoms with E-state index >= 15 is 0 Å². The van der Waals surface area contributed by atoms with Crippen molar-refractivity contribution < 1.29 is 18.7 Å². The number of nitrogens with one attached hydrogen (secondary N) is 1. The van der Waals surface area contributed by atoms with Crippen LogP contribution in [0.5, 0.6) is 11.5 Å². The molecule has 0 saturated heterocycles. The van der Waals surface area contributed by atoms with Crippen LogP contribution < -0.4 is 14.8 Å². The summed E-state index contributed by atoms with van der Waals surface area (Å²) in [6.07, 6.45) is 0.764. The summed E-state index contributed by atoms with van der Waals surface area (Å²) in [5, 5.41) is 2.68. The number of hydrogen-bond acceptors (Lipinski definition) is 3. The molecule has 168 valence electrons. The number of rotatable bonds is 9. The fourth-order valence-corrected chi connectivity index (χ4v) is 3.26. The van der Waals surface area contributed by atoms with Crippen LogP contribution in [0.4, 0.5) is 14.9 Å². The SMILES string of the molecule is CCC(C)N(Cc1ccc(OCc2ccccc2)c(OC)c1)C(=O)Nc1ccccc1F. The van der Waals surface area contributed by atoms with E-state index in [0.29, 0.717) is 24.7 Å². The number of amides is 2. The molecule has 32 heavy (non-hydrogen) atoms. The summed E-state index contributed by atoms with van der Waals surface area (Å²) in [7, 11) is 1.59. The molecule has 0 radical (unpaired) electrons. The Bertz CT molecular complexity index is 1030. The van der Waals surface area contributed by atoms with Crippen LogP contribution in [0.25, 0.3) is 0 Å². The highest BCUT2D eigenvalue weighted by Crippen LogP contribution is 2.30. The molecule has 0 aromatic heterocycles. The number of carbonyl (C=O) groups excluding carboxylic acids is 1. The first-order valence-electron chi connectivity index (χ1n) is 10.7. The van der Waals surface area contributed by atoms with E-state index in [9.17, 15) is 9.18 Å². The van der Waals surface area contributed by atoms with Gasteiger partial charge in [-0.25, -0.2) is 9.18 Å². The average molecular weight is 437 g/mol. The first-order chi connectivity index (χ1) is 15.5. The lowest BCUT2D eigenvalue weighted by Gasteiger charge is -2.29. The number of hydrogen-bond donors (Lipinski definition) is 1. The molecule has 5 nitrogen and oxygen atoms in total. The van der Waals surface area contributed by atoms with Gasteiger partial charge < -0.3 is 19.7 Å². The molecule has 0 aliphatic heterocycles. The van der Waals surface area contributed by atoms with Crippen molar-refractivity contribution in [3.05, 3.63) is 89.7 Å². The van der Waals surface area contributed by atoms with Gasteiger partial charge in [-0.05, 0) is 48.7 Å². The molecule has 2 amide bonds. The molecule has 0 fully saturated rings. The standard InChI is InChI=1S/C26H29FN2O3/c1-4-19(2)29(26(30)28-23-13-9-8-12-22(23)27)17-21-14-15-24(25(16-21)31-3)32-18-20-10-6-5-7-11-20/h5-16,19H,4,17-18H2,1-3H3,(H,28,30). The summed E-state index contributed by atoms with van der Waals surface area (Å²) >= 11 is 0. The first kappa shape index (κ1) is 23.1. The highest BCUT2D eigenvalue weighted by atomic mass is 19.1. The van der Waals surface area contributed by atoms with E-state index in [-0.39, 0.29) is 17.8 Å². The minimum absolute atomic E-state index is 0.0400. The lowest BCUT2D eigenvalue weighted by Crippen LogP contribution is -2.40. The van der Waals surface area contributed by atoms with Crippen molar-refractivity contribution in [2.75, 3.05) is 12.4 Å². The van der Waals surface area contributed by atoms with E-state index in [1.54, 1.807) is 30.2 Å². The number of benzene rings is 3. The van der Waals surface area contributed by atoms with Gasteiger partial charge >= 0.3 is 6.03 Å². The van der Waals surface area contributed by atoms with Crippen molar-refractivity contribution in [2.24, 2.45) is 0 Å². The second-order valence-electron chi connectivity index (χ2n) is 7.55. The number of methoxy groups -OCH3 is 1. The Morgan fingerprint density at radius 1 is 1.00 bits per heavy atom. The third kappa shape index (κ3) is 6.00. The molecule has 6 heteroatoms. The fourth-order valence-electron chi connectivity index (χ4n) is 3.26. The molecule has 1 atom stereocenters. The van der Waals surface area contributed by atoms with Crippen LogP contribution >= 0.6 is 0 Å². The minimum Gasteiger partial charge on any atom is -0.493 e. The molecular formula is C26H29FN2O3. The van der Waals surface area contributed by atoms with Crippen molar-refractivity contribution in [2.45, 2.75) is 39.5 Å². The van der Waals surface area contributed by atoms with E-state index in [2.05, 4.69) is 5.32 Å². The molecule has 0 bridgehead atoms. The second kappa shape index (κ2) is 11.2. The zero-order chi connectivity index (χ0) is 22.9. The molecule has 0 saturated carbocycles. The maximum atomic E-state index is 14.0. The van der Waals surface area contributed by atoms with Gasteiger partial charge in [0.2, 0.25) is 0 Å². The molecule has 0 heterocycles. The monoisotopic (exact) mass is 436 g/mol. The number of para-hydroxylation sites is 1. The van der Waals surface area contributed by atoms with E-state index in [1.165, 1.54) is 6.07 Å². The zero-order valence-corrected chi connectivity index (χ0v) is 18.7. The largest absolute Gasteiger partial charge is 0.493 e. The zero-order valence-electron chi connectivity index (χ0n) is 18.7. The van der Waals surface area contributed by atoms with E-state index in [0.717, 1.165) is 17.5 Å². The highest BCUT2D eigenvalue weighted by Gasteiger charge is 2.21. The van der Waals surface area contributed by atoms with Gasteiger partial charge in [-0.2, -0.15) is 0 Å². The number of nitrogens with zero attached hydrogens (tertiary/aromatic N) is 1. The van der Waals surface area contributed by atoms with Crippen LogP contribution in [0.15, 0.2) is 72.8 Å². The van der Waals surface area contributed by atoms with Crippen LogP contribution in [0.2, 0.25) is 0 Å². The van der Waals surface area contributed by atoms with E-state index < -0.39 is 5.82 Å². The van der Waals surface area contributed by atoms with Crippen molar-refractivity contribution in [3.8, 4) is 11.5 Å². The Balaban J connectivity index is 1.74. The summed E-state index contributed by atoms with van der Waals surface area (Å²) in [6, 6.07) is 21.3. The predicted molar refractivity (Wildman–Crippen MR) is 124 cm³/mol. The maximum absolute atomic E-state index is 14.0. The number of carbonyl (C=O) groups is 1. The summed E-state index contributed by atoms with van der Waals surface area (Å²) in [4.78, 5) is 14.6. The topological polar surface area (TPSA) is 50.8 Å². The van der Waals surface area contributed by atoms with Gasteiger partial charge in [-0.15, -0.1) is 0 Å². The maximum Gasteiger partial charge on any atom is 0.322 e. The first-order valence-corrected chi connectivity index (χ1v) is 10.7. The van der Waals surface area contributed by atoms with E-state index in [4.69, 9.17) is 9.47 Å². The molecule has 1 unspecified atom stereocenters. The van der Waals surface area contributed by atoms with Gasteiger partial charge in [-0.1, -0.05) is 55.5 Å². The Kier molecular flexibility index (Phi) is 8.08. The Labute approximate surface area is 188 Å². The lowest BCUT2D eigenvalue weighted by atomic mass is 10.1. The minimum atomic E-state index is -0.466. The van der Waals surface area contributed by atoms with Gasteiger partial charge in [0, 0.05) is 12.6 Å². The van der Waals surface area contributed by atoms with Crippen LogP contribution in [0, 0.1) is 5.82 Å². The van der Waals surface area contributed by atoms with Gasteiger partial charge in [0.1, 0.15) is 12.4 Å². The highest BCUT2D eigenvalue weighted by molar-refractivity contribution is 5.89. The van der Waals surface area contributed by atoms with E-state index in [1.807, 2.05) is 62.4 Å². The number of urea groups is 1. The number of anilines is 1. The third-order valence-electron chi connectivity index (χ3n) is 5.32. The molecule has 3 aromatic carbocycles. The quantitative estimate of drug-likeness (QED) is 0.432. The van der Waals surface area contributed by atoms with Crippen molar-refractivity contribution in [3.63, 3.8) is 0 Å². The fraction of sp³-hybridized carbons (Fsp3) is 0.269. The van der Waals surface area contributed by atoms with Crippen LogP contribution in [-0.4, -0.2) is 24.1 Å². The molecule has 3 aromatic rings. The molecule has 0 aliphatic carbocycles. The second-order valence-corrected chi connectivity index (χ2v) is 7.55. The smallest absolute Gasteiger partial charge is 0.322 e. The van der Waals surface area contributed by atoms with Gasteiger partial charge in [0.15, 0.2) is 11.5 Å². The van der Waals surface area contributed by atoms with Crippen LogP contribution in [0.3, 0.4) is 0 Å². The summed E-state index contributed by atoms with van der Waals surface area (Å²) < 4.78 is 25.4. The predicted octanol–water partition coefficient (Wildman–Crippen LogP) is 6.25. The summed E-state index contributed by atoms with van der Waals surface area (Å²) in [6.45, 7) is 4.76. The molecule has 3 rings (SSSR count). The van der Waals surface area contributed by atoms with Crippen molar-refractivity contribution in [1.82, 2.24) is 4.90 Å². The molecular weight excluding hydrogens is 407 g/mol. The van der Waals surface area contributed by atoms with Crippen LogP contribution in [-0.2, 0) is 13.2 Å².